The molecule has 1 aromatic carbocycles. The predicted molar refractivity (Wildman–Crippen MR) is 77.8 cm³/mol. The molecule has 0 saturated carbocycles. The second kappa shape index (κ2) is 6.71. The van der Waals surface area contributed by atoms with Crippen LogP contribution >= 0.6 is 0 Å². The van der Waals surface area contributed by atoms with Crippen molar-refractivity contribution < 1.29 is 4.79 Å². The lowest BCUT2D eigenvalue weighted by molar-refractivity contribution is -0.134. The number of nitrogens with zero attached hydrogens (tertiary/aromatic N) is 2. The number of amides is 1. The monoisotopic (exact) mass is 260 g/mol. The summed E-state index contributed by atoms with van der Waals surface area (Å²) in [6.45, 7) is 7.61. The van der Waals surface area contributed by atoms with Crippen LogP contribution in [-0.4, -0.2) is 41.4 Å². The summed E-state index contributed by atoms with van der Waals surface area (Å²) < 4.78 is 0. The number of benzene rings is 1. The van der Waals surface area contributed by atoms with Gasteiger partial charge in [-0.2, -0.15) is 0 Å². The van der Waals surface area contributed by atoms with E-state index in [4.69, 9.17) is 0 Å². The van der Waals surface area contributed by atoms with Crippen LogP contribution in [-0.2, 0) is 11.3 Å². The molecule has 1 fully saturated rings. The highest BCUT2D eigenvalue weighted by molar-refractivity contribution is 5.78. The van der Waals surface area contributed by atoms with Crippen LogP contribution in [0.15, 0.2) is 30.3 Å². The van der Waals surface area contributed by atoms with Crippen molar-refractivity contribution in [2.75, 3.05) is 19.6 Å². The third kappa shape index (κ3) is 4.06. The molecule has 0 unspecified atom stereocenters. The zero-order chi connectivity index (χ0) is 13.7. The van der Waals surface area contributed by atoms with Gasteiger partial charge in [-0.15, -0.1) is 0 Å². The first-order valence-corrected chi connectivity index (χ1v) is 7.22. The lowest BCUT2D eigenvalue weighted by Gasteiger charge is -2.29. The summed E-state index contributed by atoms with van der Waals surface area (Å²) in [6, 6.07) is 10.5. The fourth-order valence-electron chi connectivity index (χ4n) is 2.56. The van der Waals surface area contributed by atoms with E-state index in [1.165, 1.54) is 18.4 Å². The number of carbonyl (C=O) groups is 1. The van der Waals surface area contributed by atoms with Crippen LogP contribution in [0.4, 0.5) is 0 Å². The van der Waals surface area contributed by atoms with E-state index in [2.05, 4.69) is 30.9 Å². The Labute approximate surface area is 116 Å². The second-order valence-electron chi connectivity index (χ2n) is 5.58. The van der Waals surface area contributed by atoms with E-state index >= 15 is 0 Å². The van der Waals surface area contributed by atoms with E-state index < -0.39 is 0 Å². The summed E-state index contributed by atoms with van der Waals surface area (Å²) in [6.07, 6.45) is 2.46. The highest BCUT2D eigenvalue weighted by Crippen LogP contribution is 2.12. The molecule has 1 amide bonds. The van der Waals surface area contributed by atoms with Crippen LogP contribution in [0.3, 0.4) is 0 Å². The smallest absolute Gasteiger partial charge is 0.237 e. The fourth-order valence-corrected chi connectivity index (χ4v) is 2.56. The molecule has 1 aromatic rings. The van der Waals surface area contributed by atoms with E-state index in [9.17, 15) is 4.79 Å². The summed E-state index contributed by atoms with van der Waals surface area (Å²) in [7, 11) is 0. The molecule has 1 aliphatic heterocycles. The SMILES string of the molecule is CC(C)N(Cc1ccccc1)C(=O)CN1CCCC1. The minimum atomic E-state index is 0.246. The number of carbonyl (C=O) groups excluding carboxylic acids is 1. The summed E-state index contributed by atoms with van der Waals surface area (Å²) in [5.41, 5.74) is 1.20. The van der Waals surface area contributed by atoms with Crippen molar-refractivity contribution in [3.63, 3.8) is 0 Å². The van der Waals surface area contributed by atoms with Crippen LogP contribution in [0.25, 0.3) is 0 Å². The van der Waals surface area contributed by atoms with Crippen molar-refractivity contribution in [1.82, 2.24) is 9.80 Å². The maximum Gasteiger partial charge on any atom is 0.237 e. The standard InChI is InChI=1S/C16H24N2O/c1-14(2)18(12-15-8-4-3-5-9-15)16(19)13-17-10-6-7-11-17/h3-5,8-9,14H,6-7,10-13H2,1-2H3. The topological polar surface area (TPSA) is 23.6 Å². The predicted octanol–water partition coefficient (Wildman–Crippen LogP) is 2.52. The Balaban J connectivity index is 1.96. The van der Waals surface area contributed by atoms with E-state index in [0.717, 1.165) is 13.1 Å². The third-order valence-electron chi connectivity index (χ3n) is 3.70. The highest BCUT2D eigenvalue weighted by atomic mass is 16.2. The van der Waals surface area contributed by atoms with Crippen LogP contribution in [0, 0.1) is 0 Å². The molecule has 0 N–H and O–H groups in total. The normalized spacial score (nSPS) is 15.9. The Morgan fingerprint density at radius 3 is 2.42 bits per heavy atom. The Kier molecular flexibility index (Phi) is 4.97. The summed E-state index contributed by atoms with van der Waals surface area (Å²) >= 11 is 0. The van der Waals surface area contributed by atoms with Crippen LogP contribution < -0.4 is 0 Å². The van der Waals surface area contributed by atoms with Gasteiger partial charge in [0.25, 0.3) is 0 Å². The number of likely N-dealkylation sites (tertiary alicyclic amines) is 1. The van der Waals surface area contributed by atoms with Gasteiger partial charge in [-0.1, -0.05) is 30.3 Å². The van der Waals surface area contributed by atoms with Crippen molar-refractivity contribution in [3.8, 4) is 0 Å². The quantitative estimate of drug-likeness (QED) is 0.812. The van der Waals surface area contributed by atoms with E-state index in [1.807, 2.05) is 23.1 Å². The van der Waals surface area contributed by atoms with Gasteiger partial charge in [0, 0.05) is 12.6 Å². The molecule has 3 nitrogen and oxygen atoms in total. The van der Waals surface area contributed by atoms with Gasteiger partial charge in [-0.25, -0.2) is 0 Å². The maximum absolute atomic E-state index is 12.4. The van der Waals surface area contributed by atoms with Gasteiger partial charge in [-0.3, -0.25) is 9.69 Å². The molecular formula is C16H24N2O. The van der Waals surface area contributed by atoms with Crippen molar-refractivity contribution in [2.24, 2.45) is 0 Å². The molecule has 0 aliphatic carbocycles. The van der Waals surface area contributed by atoms with Crippen molar-refractivity contribution in [3.05, 3.63) is 35.9 Å². The molecule has 3 heteroatoms. The number of rotatable bonds is 5. The Hall–Kier alpha value is -1.35. The van der Waals surface area contributed by atoms with Crippen molar-refractivity contribution >= 4 is 5.91 Å². The van der Waals surface area contributed by atoms with E-state index in [-0.39, 0.29) is 11.9 Å². The highest BCUT2D eigenvalue weighted by Gasteiger charge is 2.21. The first-order chi connectivity index (χ1) is 9.16. The van der Waals surface area contributed by atoms with Crippen LogP contribution in [0.5, 0.6) is 0 Å². The van der Waals surface area contributed by atoms with Gasteiger partial charge >= 0.3 is 0 Å². The van der Waals surface area contributed by atoms with Crippen molar-refractivity contribution in [2.45, 2.75) is 39.3 Å². The molecular weight excluding hydrogens is 236 g/mol. The average molecular weight is 260 g/mol. The molecule has 1 aliphatic rings. The largest absolute Gasteiger partial charge is 0.335 e. The summed E-state index contributed by atoms with van der Waals surface area (Å²) in [5, 5.41) is 0. The summed E-state index contributed by atoms with van der Waals surface area (Å²) in [5.74, 6) is 0.251. The van der Waals surface area contributed by atoms with Gasteiger partial charge in [0.15, 0.2) is 0 Å². The lowest BCUT2D eigenvalue weighted by Crippen LogP contribution is -2.42. The van der Waals surface area contributed by atoms with Gasteiger partial charge in [0.2, 0.25) is 5.91 Å². The minimum absolute atomic E-state index is 0.246. The van der Waals surface area contributed by atoms with Gasteiger partial charge in [0.1, 0.15) is 0 Å². The zero-order valence-electron chi connectivity index (χ0n) is 12.0. The molecule has 0 atom stereocenters. The molecule has 1 saturated heterocycles. The molecule has 2 rings (SSSR count). The average Bonchev–Trinajstić information content (AvgIpc) is 2.89. The van der Waals surface area contributed by atoms with E-state index in [0.29, 0.717) is 13.1 Å². The Morgan fingerprint density at radius 1 is 1.21 bits per heavy atom. The van der Waals surface area contributed by atoms with Gasteiger partial charge in [0.05, 0.1) is 6.54 Å². The Bertz CT molecular complexity index is 396. The molecule has 19 heavy (non-hydrogen) atoms. The fraction of sp³-hybridized carbons (Fsp3) is 0.562. The first kappa shape index (κ1) is 14.1. The zero-order valence-corrected chi connectivity index (χ0v) is 12.0. The lowest BCUT2D eigenvalue weighted by atomic mass is 10.2. The maximum atomic E-state index is 12.4. The van der Waals surface area contributed by atoms with Crippen LogP contribution in [0.1, 0.15) is 32.3 Å². The minimum Gasteiger partial charge on any atom is -0.335 e. The number of hydrogen-bond donors (Lipinski definition) is 0. The second-order valence-corrected chi connectivity index (χ2v) is 5.58. The molecule has 0 bridgehead atoms. The third-order valence-corrected chi connectivity index (χ3v) is 3.70. The molecule has 1 heterocycles. The first-order valence-electron chi connectivity index (χ1n) is 7.22. The van der Waals surface area contributed by atoms with Crippen molar-refractivity contribution in [1.29, 1.82) is 0 Å². The van der Waals surface area contributed by atoms with Crippen LogP contribution in [0.2, 0.25) is 0 Å². The number of hydrogen-bond acceptors (Lipinski definition) is 2. The molecule has 0 aromatic heterocycles. The molecule has 104 valence electrons. The van der Waals surface area contributed by atoms with E-state index in [1.54, 1.807) is 0 Å². The van der Waals surface area contributed by atoms with Gasteiger partial charge < -0.3 is 4.90 Å². The Morgan fingerprint density at radius 2 is 1.84 bits per heavy atom. The molecule has 0 spiro atoms. The van der Waals surface area contributed by atoms with Gasteiger partial charge in [-0.05, 0) is 45.3 Å². The summed E-state index contributed by atoms with van der Waals surface area (Å²) in [4.78, 5) is 16.7. The molecule has 0 radical (unpaired) electrons.